The van der Waals surface area contributed by atoms with Gasteiger partial charge in [-0.15, -0.1) is 5.10 Å². The van der Waals surface area contributed by atoms with Crippen molar-refractivity contribution in [3.8, 4) is 0 Å². The molecule has 136 valence electrons. The molecule has 1 heterocycles. The molecule has 0 aromatic heterocycles. The largest absolute Gasteiger partial charge is 0.326 e. The predicted molar refractivity (Wildman–Crippen MR) is 111 cm³/mol. The van der Waals surface area contributed by atoms with Gasteiger partial charge < -0.3 is 10.6 Å². The van der Waals surface area contributed by atoms with Crippen molar-refractivity contribution in [1.82, 2.24) is 5.32 Å². The molecule has 0 spiro atoms. The van der Waals surface area contributed by atoms with Crippen LogP contribution < -0.4 is 10.6 Å². The van der Waals surface area contributed by atoms with Crippen LogP contribution in [0.5, 0.6) is 0 Å². The van der Waals surface area contributed by atoms with Crippen molar-refractivity contribution in [3.05, 3.63) is 72.3 Å². The van der Waals surface area contributed by atoms with E-state index in [2.05, 4.69) is 20.8 Å². The number of carbonyl (C=O) groups is 2. The second kappa shape index (κ2) is 9.49. The molecule has 2 aromatic rings. The van der Waals surface area contributed by atoms with Crippen LogP contribution in [0, 0.1) is 0 Å². The van der Waals surface area contributed by atoms with Gasteiger partial charge in [-0.2, -0.15) is 5.10 Å². The first kappa shape index (κ1) is 18.6. The van der Waals surface area contributed by atoms with Crippen LogP contribution >= 0.6 is 11.8 Å². The average molecular weight is 378 g/mol. The van der Waals surface area contributed by atoms with E-state index >= 15 is 0 Å². The van der Waals surface area contributed by atoms with Gasteiger partial charge in [-0.1, -0.05) is 66.4 Å². The molecular weight excluding hydrogens is 360 g/mol. The fourth-order valence-corrected chi connectivity index (χ4v) is 3.25. The maximum atomic E-state index is 12.1. The molecule has 1 aliphatic heterocycles. The first-order chi connectivity index (χ1) is 13.2. The molecule has 1 fully saturated rings. The van der Waals surface area contributed by atoms with Crippen molar-refractivity contribution in [1.29, 1.82) is 0 Å². The second-order valence-corrected chi connectivity index (χ2v) is 6.85. The minimum Gasteiger partial charge on any atom is -0.326 e. The van der Waals surface area contributed by atoms with Crippen LogP contribution in [0.3, 0.4) is 0 Å². The summed E-state index contributed by atoms with van der Waals surface area (Å²) >= 11 is 1.20. The quantitative estimate of drug-likeness (QED) is 0.598. The SMILES string of the molecule is O=C(C[C@@H]1S/C(=N/N=C\C=C\c2ccccc2)NC1=O)Nc1ccccc1. The van der Waals surface area contributed by atoms with E-state index in [-0.39, 0.29) is 18.2 Å². The number of rotatable bonds is 6. The van der Waals surface area contributed by atoms with Crippen LogP contribution in [0.4, 0.5) is 5.69 Å². The van der Waals surface area contributed by atoms with Gasteiger partial charge in [0.1, 0.15) is 5.25 Å². The predicted octanol–water partition coefficient (Wildman–Crippen LogP) is 3.30. The smallest absolute Gasteiger partial charge is 0.240 e. The van der Waals surface area contributed by atoms with Gasteiger partial charge in [0.2, 0.25) is 11.8 Å². The molecule has 1 saturated heterocycles. The number of hydrogen-bond acceptors (Lipinski definition) is 5. The normalized spacial score (nSPS) is 18.3. The second-order valence-electron chi connectivity index (χ2n) is 5.65. The molecule has 0 aliphatic carbocycles. The van der Waals surface area contributed by atoms with E-state index < -0.39 is 5.25 Å². The Morgan fingerprint density at radius 1 is 1.11 bits per heavy atom. The first-order valence-corrected chi connectivity index (χ1v) is 9.24. The van der Waals surface area contributed by atoms with Crippen LogP contribution in [0.25, 0.3) is 6.08 Å². The molecule has 0 radical (unpaired) electrons. The van der Waals surface area contributed by atoms with E-state index in [1.165, 1.54) is 11.8 Å². The highest BCUT2D eigenvalue weighted by Crippen LogP contribution is 2.23. The number of nitrogens with one attached hydrogen (secondary N) is 2. The third kappa shape index (κ3) is 5.93. The number of benzene rings is 2. The standard InChI is InChI=1S/C20H18N4O2S/c25-18(22-16-11-5-2-6-12-16)14-17-19(26)23-20(27-17)24-21-13-7-10-15-8-3-1-4-9-15/h1-13,17H,14H2,(H,22,25)(H,23,24,26)/b10-7+,21-13-/t17-/m0/s1. The van der Waals surface area contributed by atoms with Gasteiger partial charge in [-0.05, 0) is 23.8 Å². The minimum absolute atomic E-state index is 0.0715. The van der Waals surface area contributed by atoms with Crippen molar-refractivity contribution in [2.45, 2.75) is 11.7 Å². The van der Waals surface area contributed by atoms with Crippen molar-refractivity contribution in [3.63, 3.8) is 0 Å². The lowest BCUT2D eigenvalue weighted by atomic mass is 10.2. The van der Waals surface area contributed by atoms with Crippen LogP contribution in [0.2, 0.25) is 0 Å². The van der Waals surface area contributed by atoms with Crippen molar-refractivity contribution < 1.29 is 9.59 Å². The van der Waals surface area contributed by atoms with Gasteiger partial charge >= 0.3 is 0 Å². The molecule has 6 nitrogen and oxygen atoms in total. The number of nitrogens with zero attached hydrogens (tertiary/aromatic N) is 2. The minimum atomic E-state index is -0.512. The van der Waals surface area contributed by atoms with Gasteiger partial charge in [0.15, 0.2) is 5.17 Å². The fourth-order valence-electron chi connectivity index (χ4n) is 2.33. The van der Waals surface area contributed by atoms with E-state index in [1.54, 1.807) is 24.4 Å². The van der Waals surface area contributed by atoms with Gasteiger partial charge in [-0.3, -0.25) is 9.59 Å². The molecule has 2 N–H and O–H groups in total. The summed E-state index contributed by atoms with van der Waals surface area (Å²) in [5.74, 6) is -0.457. The summed E-state index contributed by atoms with van der Waals surface area (Å²) in [6, 6.07) is 19.0. The molecule has 0 bridgehead atoms. The molecule has 27 heavy (non-hydrogen) atoms. The Balaban J connectivity index is 1.49. The van der Waals surface area contributed by atoms with E-state index in [1.807, 2.05) is 54.6 Å². The van der Waals surface area contributed by atoms with Gasteiger partial charge in [0, 0.05) is 18.3 Å². The Morgan fingerprint density at radius 3 is 2.56 bits per heavy atom. The average Bonchev–Trinajstić information content (AvgIpc) is 3.02. The topological polar surface area (TPSA) is 82.9 Å². The number of carbonyl (C=O) groups excluding carboxylic acids is 2. The van der Waals surface area contributed by atoms with E-state index in [0.717, 1.165) is 5.56 Å². The number of thioether (sulfide) groups is 1. The third-order valence-corrected chi connectivity index (χ3v) is 4.67. The summed E-state index contributed by atoms with van der Waals surface area (Å²) in [5, 5.41) is 13.2. The molecular formula is C20H18N4O2S. The molecule has 1 aliphatic rings. The lowest BCUT2D eigenvalue weighted by Crippen LogP contribution is -2.28. The number of hydrogen-bond donors (Lipinski definition) is 2. The van der Waals surface area contributed by atoms with Crippen LogP contribution in [0.1, 0.15) is 12.0 Å². The number of allylic oxidation sites excluding steroid dienone is 1. The highest BCUT2D eigenvalue weighted by atomic mass is 32.2. The molecule has 0 unspecified atom stereocenters. The Labute approximate surface area is 161 Å². The maximum absolute atomic E-state index is 12.1. The highest BCUT2D eigenvalue weighted by Gasteiger charge is 2.32. The molecule has 2 aromatic carbocycles. The van der Waals surface area contributed by atoms with Gasteiger partial charge in [0.25, 0.3) is 0 Å². The lowest BCUT2D eigenvalue weighted by Gasteiger charge is -2.06. The summed E-state index contributed by atoms with van der Waals surface area (Å²) in [4.78, 5) is 24.1. The maximum Gasteiger partial charge on any atom is 0.240 e. The number of para-hydroxylation sites is 1. The molecule has 1 atom stereocenters. The van der Waals surface area contributed by atoms with Crippen molar-refractivity contribution in [2.75, 3.05) is 5.32 Å². The zero-order valence-electron chi connectivity index (χ0n) is 14.4. The van der Waals surface area contributed by atoms with Gasteiger partial charge in [-0.25, -0.2) is 0 Å². The summed E-state index contributed by atoms with van der Waals surface area (Å²) < 4.78 is 0. The van der Waals surface area contributed by atoms with Crippen molar-refractivity contribution >= 4 is 46.7 Å². The Hall–Kier alpha value is -3.19. The molecule has 0 saturated carbocycles. The molecule has 3 rings (SSSR count). The summed E-state index contributed by atoms with van der Waals surface area (Å²) in [7, 11) is 0. The summed E-state index contributed by atoms with van der Waals surface area (Å²) in [6.45, 7) is 0. The Morgan fingerprint density at radius 2 is 1.81 bits per heavy atom. The monoisotopic (exact) mass is 378 g/mol. The summed E-state index contributed by atoms with van der Waals surface area (Å²) in [6.07, 6.45) is 5.29. The molecule has 2 amide bonds. The van der Waals surface area contributed by atoms with Crippen LogP contribution in [0.15, 0.2) is 76.9 Å². The lowest BCUT2D eigenvalue weighted by molar-refractivity contribution is -0.122. The van der Waals surface area contributed by atoms with E-state index in [9.17, 15) is 9.59 Å². The Bertz CT molecular complexity index is 879. The first-order valence-electron chi connectivity index (χ1n) is 8.36. The van der Waals surface area contributed by atoms with Crippen LogP contribution in [-0.2, 0) is 9.59 Å². The zero-order valence-corrected chi connectivity index (χ0v) is 15.2. The van der Waals surface area contributed by atoms with Crippen LogP contribution in [-0.4, -0.2) is 28.4 Å². The van der Waals surface area contributed by atoms with E-state index in [4.69, 9.17) is 0 Å². The Kier molecular flexibility index (Phi) is 6.54. The van der Waals surface area contributed by atoms with Gasteiger partial charge in [0.05, 0.1) is 0 Å². The fraction of sp³-hybridized carbons (Fsp3) is 0.100. The number of amidine groups is 1. The summed E-state index contributed by atoms with van der Waals surface area (Å²) in [5.41, 5.74) is 1.76. The highest BCUT2D eigenvalue weighted by molar-refractivity contribution is 8.15. The van der Waals surface area contributed by atoms with Crippen molar-refractivity contribution in [2.24, 2.45) is 10.2 Å². The third-order valence-electron chi connectivity index (χ3n) is 3.59. The zero-order chi connectivity index (χ0) is 18.9. The van der Waals surface area contributed by atoms with E-state index in [0.29, 0.717) is 10.9 Å². The molecule has 7 heteroatoms. The number of amides is 2. The number of anilines is 1.